The van der Waals surface area contributed by atoms with Crippen LogP contribution in [0.4, 0.5) is 5.69 Å². The van der Waals surface area contributed by atoms with Crippen molar-refractivity contribution in [3.8, 4) is 0 Å². The van der Waals surface area contributed by atoms with Gasteiger partial charge in [0.15, 0.2) is 0 Å². The van der Waals surface area contributed by atoms with Crippen LogP contribution in [0.5, 0.6) is 0 Å². The van der Waals surface area contributed by atoms with Crippen LogP contribution in [0.2, 0.25) is 0 Å². The quantitative estimate of drug-likeness (QED) is 0.835. The van der Waals surface area contributed by atoms with Crippen LogP contribution in [0.3, 0.4) is 0 Å². The van der Waals surface area contributed by atoms with E-state index in [4.69, 9.17) is 0 Å². The molecule has 2 aliphatic rings. The van der Waals surface area contributed by atoms with E-state index >= 15 is 0 Å². The molecule has 0 spiro atoms. The summed E-state index contributed by atoms with van der Waals surface area (Å²) in [6.07, 6.45) is 2.83. The summed E-state index contributed by atoms with van der Waals surface area (Å²) in [5.74, 6) is -0.0597. The van der Waals surface area contributed by atoms with Crippen LogP contribution >= 0.6 is 0 Å². The molecule has 1 N–H and O–H groups in total. The first-order chi connectivity index (χ1) is 12.3. The van der Waals surface area contributed by atoms with Crippen molar-refractivity contribution in [1.82, 2.24) is 9.62 Å². The number of rotatable bonds is 5. The van der Waals surface area contributed by atoms with Gasteiger partial charge in [0.1, 0.15) is 0 Å². The summed E-state index contributed by atoms with van der Waals surface area (Å²) in [7, 11) is -3.68. The average molecular weight is 379 g/mol. The summed E-state index contributed by atoms with van der Waals surface area (Å²) in [5.41, 5.74) is 1.62. The normalized spacial score (nSPS) is 19.7. The standard InChI is InChI=1S/C18H25N3O4S/c1-13-11-15-12-16(5-6-17(15)21(13)14(2)22)26(24,25)19-8-7-18(23)20-9-3-4-10-20/h5-6,12-13,19H,3-4,7-11H2,1-2H3. The minimum Gasteiger partial charge on any atom is -0.343 e. The number of nitrogens with one attached hydrogen (secondary N) is 1. The molecular weight excluding hydrogens is 354 g/mol. The lowest BCUT2D eigenvalue weighted by molar-refractivity contribution is -0.129. The van der Waals surface area contributed by atoms with E-state index in [0.717, 1.165) is 37.2 Å². The number of carbonyl (C=O) groups excluding carboxylic acids is 2. The van der Waals surface area contributed by atoms with Gasteiger partial charge in [-0.25, -0.2) is 13.1 Å². The SMILES string of the molecule is CC(=O)N1c2ccc(S(=O)(=O)NCCC(=O)N3CCCC3)cc2CC1C. The number of amides is 2. The van der Waals surface area contributed by atoms with E-state index in [-0.39, 0.29) is 35.7 Å². The molecule has 1 aromatic rings. The Labute approximate surface area is 154 Å². The lowest BCUT2D eigenvalue weighted by Crippen LogP contribution is -2.33. The number of benzene rings is 1. The molecule has 0 saturated carbocycles. The van der Waals surface area contributed by atoms with Crippen LogP contribution in [0, 0.1) is 0 Å². The van der Waals surface area contributed by atoms with Crippen molar-refractivity contribution in [2.45, 2.75) is 50.5 Å². The van der Waals surface area contributed by atoms with Gasteiger partial charge in [-0.15, -0.1) is 0 Å². The van der Waals surface area contributed by atoms with Gasteiger partial charge in [-0.05, 0) is 49.9 Å². The van der Waals surface area contributed by atoms with Crippen LogP contribution in [-0.4, -0.2) is 50.8 Å². The van der Waals surface area contributed by atoms with Crippen molar-refractivity contribution in [3.63, 3.8) is 0 Å². The van der Waals surface area contributed by atoms with Gasteiger partial charge in [-0.3, -0.25) is 9.59 Å². The Bertz CT molecular complexity index is 816. The van der Waals surface area contributed by atoms with Gasteiger partial charge >= 0.3 is 0 Å². The fourth-order valence-electron chi connectivity index (χ4n) is 3.75. The third-order valence-corrected chi connectivity index (χ3v) is 6.46. The highest BCUT2D eigenvalue weighted by molar-refractivity contribution is 7.89. The van der Waals surface area contributed by atoms with Crippen molar-refractivity contribution in [2.24, 2.45) is 0 Å². The second kappa shape index (κ2) is 7.36. The second-order valence-corrected chi connectivity index (χ2v) is 8.74. The van der Waals surface area contributed by atoms with Crippen molar-refractivity contribution in [1.29, 1.82) is 0 Å². The first-order valence-corrected chi connectivity index (χ1v) is 10.5. The van der Waals surface area contributed by atoms with Gasteiger partial charge in [-0.2, -0.15) is 0 Å². The number of carbonyl (C=O) groups is 2. The maximum atomic E-state index is 12.5. The first-order valence-electron chi connectivity index (χ1n) is 9.00. The molecule has 1 saturated heterocycles. The van der Waals surface area contributed by atoms with Gasteiger partial charge in [0.25, 0.3) is 0 Å². The van der Waals surface area contributed by atoms with E-state index in [1.165, 1.54) is 13.0 Å². The maximum Gasteiger partial charge on any atom is 0.240 e. The lowest BCUT2D eigenvalue weighted by Gasteiger charge is -2.20. The molecule has 1 fully saturated rings. The Balaban J connectivity index is 1.66. The van der Waals surface area contributed by atoms with Crippen molar-refractivity contribution in [3.05, 3.63) is 23.8 Å². The third-order valence-electron chi connectivity index (χ3n) is 5.01. The van der Waals surface area contributed by atoms with Crippen LogP contribution in [-0.2, 0) is 26.0 Å². The zero-order valence-electron chi connectivity index (χ0n) is 15.2. The molecule has 1 aromatic carbocycles. The number of nitrogens with zero attached hydrogens (tertiary/aromatic N) is 2. The molecule has 0 radical (unpaired) electrons. The molecule has 2 heterocycles. The molecule has 0 bridgehead atoms. The minimum atomic E-state index is -3.68. The molecule has 8 heteroatoms. The number of likely N-dealkylation sites (tertiary alicyclic amines) is 1. The molecule has 7 nitrogen and oxygen atoms in total. The topological polar surface area (TPSA) is 86.8 Å². The maximum absolute atomic E-state index is 12.5. The summed E-state index contributed by atoms with van der Waals surface area (Å²) >= 11 is 0. The zero-order valence-corrected chi connectivity index (χ0v) is 16.0. The summed E-state index contributed by atoms with van der Waals surface area (Å²) in [6, 6.07) is 4.84. The van der Waals surface area contributed by atoms with Crippen molar-refractivity contribution in [2.75, 3.05) is 24.5 Å². The first kappa shape index (κ1) is 18.8. The van der Waals surface area contributed by atoms with Crippen LogP contribution < -0.4 is 9.62 Å². The molecular formula is C18H25N3O4S. The Morgan fingerprint density at radius 2 is 1.92 bits per heavy atom. The number of hydrogen-bond donors (Lipinski definition) is 1. The number of anilines is 1. The Morgan fingerprint density at radius 3 is 2.58 bits per heavy atom. The van der Waals surface area contributed by atoms with Gasteiger partial charge in [0, 0.05) is 44.7 Å². The van der Waals surface area contributed by atoms with Crippen molar-refractivity contribution < 1.29 is 18.0 Å². The van der Waals surface area contributed by atoms with E-state index in [2.05, 4.69) is 4.72 Å². The largest absolute Gasteiger partial charge is 0.343 e. The predicted octanol–water partition coefficient (Wildman–Crippen LogP) is 1.27. The molecule has 2 amide bonds. The smallest absolute Gasteiger partial charge is 0.240 e. The zero-order chi connectivity index (χ0) is 18.9. The van der Waals surface area contributed by atoms with Crippen LogP contribution in [0.15, 0.2) is 23.1 Å². The molecule has 1 atom stereocenters. The predicted molar refractivity (Wildman–Crippen MR) is 98.4 cm³/mol. The molecule has 1 unspecified atom stereocenters. The lowest BCUT2D eigenvalue weighted by atomic mass is 10.1. The van der Waals surface area contributed by atoms with Gasteiger partial charge in [0.05, 0.1) is 4.90 Å². The highest BCUT2D eigenvalue weighted by Crippen LogP contribution is 2.33. The van der Waals surface area contributed by atoms with Crippen LogP contribution in [0.25, 0.3) is 0 Å². The Morgan fingerprint density at radius 1 is 1.23 bits per heavy atom. The molecule has 0 aromatic heterocycles. The number of sulfonamides is 1. The van der Waals surface area contributed by atoms with E-state index in [0.29, 0.717) is 6.42 Å². The van der Waals surface area contributed by atoms with E-state index in [1.54, 1.807) is 21.9 Å². The van der Waals surface area contributed by atoms with Crippen LogP contribution in [0.1, 0.15) is 38.7 Å². The second-order valence-electron chi connectivity index (χ2n) is 6.97. The number of fused-ring (bicyclic) bond motifs is 1. The number of hydrogen-bond acceptors (Lipinski definition) is 4. The van der Waals surface area contributed by atoms with Gasteiger partial charge in [0.2, 0.25) is 21.8 Å². The molecule has 0 aliphatic carbocycles. The molecule has 3 rings (SSSR count). The summed E-state index contributed by atoms with van der Waals surface area (Å²) in [6.45, 7) is 5.07. The van der Waals surface area contributed by atoms with Crippen molar-refractivity contribution >= 4 is 27.5 Å². The average Bonchev–Trinajstić information content (AvgIpc) is 3.20. The monoisotopic (exact) mass is 379 g/mol. The summed E-state index contributed by atoms with van der Waals surface area (Å²) in [4.78, 5) is 27.4. The van der Waals surface area contributed by atoms with E-state index in [9.17, 15) is 18.0 Å². The fourth-order valence-corrected chi connectivity index (χ4v) is 4.84. The third kappa shape index (κ3) is 3.76. The van der Waals surface area contributed by atoms with E-state index < -0.39 is 10.0 Å². The molecule has 142 valence electrons. The summed E-state index contributed by atoms with van der Waals surface area (Å²) < 4.78 is 27.5. The van der Waals surface area contributed by atoms with Gasteiger partial charge in [-0.1, -0.05) is 0 Å². The Hall–Kier alpha value is -1.93. The van der Waals surface area contributed by atoms with Gasteiger partial charge < -0.3 is 9.80 Å². The highest BCUT2D eigenvalue weighted by Gasteiger charge is 2.30. The van der Waals surface area contributed by atoms with E-state index in [1.807, 2.05) is 6.92 Å². The Kier molecular flexibility index (Phi) is 5.34. The molecule has 26 heavy (non-hydrogen) atoms. The molecule has 2 aliphatic heterocycles. The fraction of sp³-hybridized carbons (Fsp3) is 0.556. The summed E-state index contributed by atoms with van der Waals surface area (Å²) in [5, 5.41) is 0. The minimum absolute atomic E-state index is 0.00919. The highest BCUT2D eigenvalue weighted by atomic mass is 32.2.